The molecule has 98 valence electrons. The zero-order chi connectivity index (χ0) is 14.0. The molecule has 3 nitrogen and oxygen atoms in total. The van der Waals surface area contributed by atoms with Crippen LogP contribution in [0.25, 0.3) is 0 Å². The number of hydrogen-bond donors (Lipinski definition) is 2. The summed E-state index contributed by atoms with van der Waals surface area (Å²) in [7, 11) is 0. The Morgan fingerprint density at radius 2 is 2.05 bits per heavy atom. The van der Waals surface area contributed by atoms with Gasteiger partial charge in [-0.1, -0.05) is 17.7 Å². The fourth-order valence-electron chi connectivity index (χ4n) is 1.68. The quantitative estimate of drug-likeness (QED) is 0.824. The first-order valence-corrected chi connectivity index (χ1v) is 5.98. The molecular weight excluding hydrogens is 267 g/mol. The van der Waals surface area contributed by atoms with Gasteiger partial charge >= 0.3 is 0 Å². The number of rotatable bonds is 2. The molecule has 2 rings (SSSR count). The Labute approximate surface area is 115 Å². The van der Waals surface area contributed by atoms with Gasteiger partial charge in [-0.3, -0.25) is 4.79 Å². The first-order valence-electron chi connectivity index (χ1n) is 5.60. The van der Waals surface area contributed by atoms with Crippen molar-refractivity contribution >= 4 is 28.9 Å². The fraction of sp³-hybridized carbons (Fsp3) is 0.0714. The zero-order valence-corrected chi connectivity index (χ0v) is 11.0. The van der Waals surface area contributed by atoms with E-state index in [2.05, 4.69) is 5.32 Å². The second kappa shape index (κ2) is 5.28. The summed E-state index contributed by atoms with van der Waals surface area (Å²) in [6.07, 6.45) is 0. The number of carbonyl (C=O) groups excluding carboxylic acids is 1. The molecule has 5 heteroatoms. The van der Waals surface area contributed by atoms with Crippen LogP contribution in [0.4, 0.5) is 15.8 Å². The van der Waals surface area contributed by atoms with E-state index in [1.54, 1.807) is 25.1 Å². The second-order valence-electron chi connectivity index (χ2n) is 4.10. The van der Waals surface area contributed by atoms with E-state index in [1.165, 1.54) is 12.1 Å². The number of benzene rings is 2. The molecular formula is C14H12ClFN2O. The molecule has 0 saturated heterocycles. The molecule has 0 atom stereocenters. The van der Waals surface area contributed by atoms with Gasteiger partial charge in [-0.05, 0) is 42.8 Å². The topological polar surface area (TPSA) is 55.1 Å². The van der Waals surface area contributed by atoms with Gasteiger partial charge in [-0.2, -0.15) is 0 Å². The number of hydrogen-bond acceptors (Lipinski definition) is 2. The van der Waals surface area contributed by atoms with Crippen molar-refractivity contribution in [1.29, 1.82) is 0 Å². The van der Waals surface area contributed by atoms with E-state index >= 15 is 0 Å². The average molecular weight is 279 g/mol. The molecule has 0 aliphatic heterocycles. The third-order valence-corrected chi connectivity index (χ3v) is 3.03. The van der Waals surface area contributed by atoms with E-state index < -0.39 is 11.7 Å². The Kier molecular flexibility index (Phi) is 3.71. The molecule has 3 N–H and O–H groups in total. The lowest BCUT2D eigenvalue weighted by Gasteiger charge is -2.10. The summed E-state index contributed by atoms with van der Waals surface area (Å²) in [6, 6.07) is 9.08. The van der Waals surface area contributed by atoms with Crippen LogP contribution in [0.2, 0.25) is 5.02 Å². The summed E-state index contributed by atoms with van der Waals surface area (Å²) in [5.41, 5.74) is 7.40. The van der Waals surface area contributed by atoms with Crippen molar-refractivity contribution in [3.05, 3.63) is 58.4 Å². The van der Waals surface area contributed by atoms with Crippen LogP contribution in [0, 0.1) is 12.7 Å². The maximum absolute atomic E-state index is 13.6. The highest BCUT2D eigenvalue weighted by Gasteiger charge is 2.12. The van der Waals surface area contributed by atoms with Crippen molar-refractivity contribution in [3.63, 3.8) is 0 Å². The number of amides is 1. The molecule has 0 aliphatic rings. The third kappa shape index (κ3) is 2.85. The summed E-state index contributed by atoms with van der Waals surface area (Å²) in [5.74, 6) is -0.992. The first-order chi connectivity index (χ1) is 8.99. The Morgan fingerprint density at radius 3 is 2.74 bits per heavy atom. The van der Waals surface area contributed by atoms with Crippen molar-refractivity contribution in [1.82, 2.24) is 0 Å². The molecule has 0 fully saturated rings. The number of nitrogens with two attached hydrogens (primary N) is 1. The molecule has 0 aromatic heterocycles. The summed E-state index contributed by atoms with van der Waals surface area (Å²) < 4.78 is 13.6. The Hall–Kier alpha value is -2.07. The van der Waals surface area contributed by atoms with Crippen molar-refractivity contribution in [3.8, 4) is 0 Å². The van der Waals surface area contributed by atoms with Crippen LogP contribution >= 0.6 is 11.6 Å². The van der Waals surface area contributed by atoms with Gasteiger partial charge in [-0.25, -0.2) is 4.39 Å². The van der Waals surface area contributed by atoms with Crippen molar-refractivity contribution in [2.75, 3.05) is 11.1 Å². The van der Waals surface area contributed by atoms with Crippen LogP contribution in [0.5, 0.6) is 0 Å². The summed E-state index contributed by atoms with van der Waals surface area (Å²) in [4.78, 5) is 12.1. The Balaban J connectivity index is 2.28. The maximum Gasteiger partial charge on any atom is 0.256 e. The zero-order valence-electron chi connectivity index (χ0n) is 10.2. The van der Waals surface area contributed by atoms with E-state index in [9.17, 15) is 9.18 Å². The van der Waals surface area contributed by atoms with E-state index in [-0.39, 0.29) is 10.7 Å². The average Bonchev–Trinajstić information content (AvgIpc) is 2.36. The van der Waals surface area contributed by atoms with Crippen LogP contribution in [0.15, 0.2) is 36.4 Å². The van der Waals surface area contributed by atoms with Crippen LogP contribution in [0.1, 0.15) is 15.9 Å². The van der Waals surface area contributed by atoms with Gasteiger partial charge in [0, 0.05) is 16.3 Å². The van der Waals surface area contributed by atoms with Gasteiger partial charge in [0.25, 0.3) is 5.91 Å². The van der Waals surface area contributed by atoms with Crippen LogP contribution < -0.4 is 11.1 Å². The molecule has 19 heavy (non-hydrogen) atoms. The van der Waals surface area contributed by atoms with E-state index in [0.717, 1.165) is 6.07 Å². The number of carbonyl (C=O) groups is 1. The minimum atomic E-state index is -0.581. The predicted molar refractivity (Wildman–Crippen MR) is 75.0 cm³/mol. The van der Waals surface area contributed by atoms with Gasteiger partial charge in [0.1, 0.15) is 5.82 Å². The van der Waals surface area contributed by atoms with Crippen molar-refractivity contribution in [2.24, 2.45) is 0 Å². The van der Waals surface area contributed by atoms with Gasteiger partial charge in [0.2, 0.25) is 0 Å². The predicted octanol–water partition coefficient (Wildman–Crippen LogP) is 3.62. The van der Waals surface area contributed by atoms with Gasteiger partial charge in [0.05, 0.1) is 5.69 Å². The lowest BCUT2D eigenvalue weighted by Crippen LogP contribution is -2.15. The highest BCUT2D eigenvalue weighted by molar-refractivity contribution is 6.30. The standard InChI is InChI=1S/C14H12ClFN2O/c1-8-10(3-2-4-12(8)17)14(19)18-13-6-5-9(15)7-11(13)16/h2-7H,17H2,1H3,(H,18,19). The Bertz CT molecular complexity index is 643. The molecule has 0 aliphatic carbocycles. The molecule has 0 unspecified atom stereocenters. The van der Waals surface area contributed by atoms with Crippen LogP contribution in [0.3, 0.4) is 0 Å². The SMILES string of the molecule is Cc1c(N)cccc1C(=O)Nc1ccc(Cl)cc1F. The van der Waals surface area contributed by atoms with Gasteiger partial charge in [-0.15, -0.1) is 0 Å². The largest absolute Gasteiger partial charge is 0.398 e. The molecule has 0 spiro atoms. The van der Waals surface area contributed by atoms with Gasteiger partial charge < -0.3 is 11.1 Å². The molecule has 2 aromatic carbocycles. The fourth-order valence-corrected chi connectivity index (χ4v) is 1.84. The third-order valence-electron chi connectivity index (χ3n) is 2.80. The molecule has 0 saturated carbocycles. The van der Waals surface area contributed by atoms with E-state index in [1.807, 2.05) is 0 Å². The van der Waals surface area contributed by atoms with Gasteiger partial charge in [0.15, 0.2) is 0 Å². The smallest absolute Gasteiger partial charge is 0.256 e. The monoisotopic (exact) mass is 278 g/mol. The second-order valence-corrected chi connectivity index (χ2v) is 4.53. The molecule has 1 amide bonds. The first kappa shape index (κ1) is 13.4. The molecule has 2 aromatic rings. The minimum absolute atomic E-state index is 0.0798. The number of halogens is 2. The van der Waals surface area contributed by atoms with Crippen LogP contribution in [-0.2, 0) is 0 Å². The molecule has 0 radical (unpaired) electrons. The number of nitrogens with one attached hydrogen (secondary N) is 1. The van der Waals surface area contributed by atoms with E-state index in [0.29, 0.717) is 16.8 Å². The molecule has 0 bridgehead atoms. The summed E-state index contributed by atoms with van der Waals surface area (Å²) in [5, 5.41) is 2.77. The minimum Gasteiger partial charge on any atom is -0.398 e. The highest BCUT2D eigenvalue weighted by atomic mass is 35.5. The Morgan fingerprint density at radius 1 is 1.32 bits per heavy atom. The molecule has 0 heterocycles. The number of nitrogen functional groups attached to an aromatic ring is 1. The van der Waals surface area contributed by atoms with Crippen LogP contribution in [-0.4, -0.2) is 5.91 Å². The highest BCUT2D eigenvalue weighted by Crippen LogP contribution is 2.21. The summed E-state index contributed by atoms with van der Waals surface area (Å²) in [6.45, 7) is 1.74. The lowest BCUT2D eigenvalue weighted by atomic mass is 10.1. The van der Waals surface area contributed by atoms with Crippen molar-refractivity contribution < 1.29 is 9.18 Å². The lowest BCUT2D eigenvalue weighted by molar-refractivity contribution is 0.102. The normalized spacial score (nSPS) is 10.3. The maximum atomic E-state index is 13.6. The van der Waals surface area contributed by atoms with Crippen molar-refractivity contribution in [2.45, 2.75) is 6.92 Å². The summed E-state index contributed by atoms with van der Waals surface area (Å²) >= 11 is 5.65. The number of anilines is 2. The van der Waals surface area contributed by atoms with E-state index in [4.69, 9.17) is 17.3 Å².